The Kier molecular flexibility index (Phi) is 5.73. The van der Waals surface area contributed by atoms with Gasteiger partial charge in [-0.25, -0.2) is 10.4 Å². The van der Waals surface area contributed by atoms with Gasteiger partial charge < -0.3 is 0 Å². The Morgan fingerprint density at radius 1 is 1.43 bits per heavy atom. The van der Waals surface area contributed by atoms with Crippen LogP contribution < -0.4 is 11.0 Å². The zero-order chi connectivity index (χ0) is 20.4. The third kappa shape index (κ3) is 3.89. The minimum Gasteiger partial charge on any atom is -0.286 e. The smallest absolute Gasteiger partial charge is 0.263 e. The first kappa shape index (κ1) is 19.9. The Morgan fingerprint density at radius 2 is 2.18 bits per heavy atom. The Balaban J connectivity index is 1.81. The van der Waals surface area contributed by atoms with Gasteiger partial charge in [-0.15, -0.1) is 11.3 Å². The molecule has 8 nitrogen and oxygen atoms in total. The average Bonchev–Trinajstić information content (AvgIpc) is 3.22. The number of amides is 1. The maximum Gasteiger partial charge on any atom is 0.263 e. The van der Waals surface area contributed by atoms with Gasteiger partial charge in [0.1, 0.15) is 10.9 Å². The van der Waals surface area contributed by atoms with Crippen LogP contribution in [0.5, 0.6) is 0 Å². The highest BCUT2D eigenvalue weighted by atomic mass is 32.1. The van der Waals surface area contributed by atoms with Crippen LogP contribution in [0.1, 0.15) is 49.4 Å². The quantitative estimate of drug-likeness (QED) is 0.508. The Labute approximate surface area is 166 Å². The first-order valence-corrected chi connectivity index (χ1v) is 9.97. The van der Waals surface area contributed by atoms with E-state index in [-0.39, 0.29) is 11.5 Å². The second kappa shape index (κ2) is 8.05. The molecule has 1 atom stereocenters. The molecule has 3 heterocycles. The predicted molar refractivity (Wildman–Crippen MR) is 111 cm³/mol. The lowest BCUT2D eigenvalue weighted by Gasteiger charge is -2.13. The van der Waals surface area contributed by atoms with E-state index in [4.69, 9.17) is 0 Å². The van der Waals surface area contributed by atoms with Crippen LogP contribution in [-0.2, 0) is 18.3 Å². The molecule has 3 aromatic rings. The molecule has 0 fully saturated rings. The van der Waals surface area contributed by atoms with Crippen molar-refractivity contribution in [2.75, 3.05) is 0 Å². The molecule has 148 valence electrons. The molecule has 0 aliphatic carbocycles. The first-order chi connectivity index (χ1) is 13.3. The second-order valence-corrected chi connectivity index (χ2v) is 7.90. The van der Waals surface area contributed by atoms with Gasteiger partial charge in [-0.2, -0.15) is 10.2 Å². The summed E-state index contributed by atoms with van der Waals surface area (Å²) in [6.07, 6.45) is 5.20. The summed E-state index contributed by atoms with van der Waals surface area (Å²) in [5, 5.41) is 8.99. The van der Waals surface area contributed by atoms with Crippen LogP contribution in [0.25, 0.3) is 10.2 Å². The Bertz CT molecular complexity index is 1110. The summed E-state index contributed by atoms with van der Waals surface area (Å²) in [5.41, 5.74) is 4.67. The lowest BCUT2D eigenvalue weighted by Crippen LogP contribution is -2.34. The average molecular weight is 401 g/mol. The standard InChI is InChI=1S/C19H24N6O2S/c1-6-7-14-8-15-18(28-14)20-10-25(19(15)27)13(4)17(26)22-21-11(2)16-9-24(5)23-12(16)3/h8-10,13H,6-7H2,1-5H3,(H,22,26)/b21-11-/t13-/m1/s1. The zero-order valence-electron chi connectivity index (χ0n) is 16.7. The van der Waals surface area contributed by atoms with E-state index in [2.05, 4.69) is 27.5 Å². The van der Waals surface area contributed by atoms with Gasteiger partial charge >= 0.3 is 0 Å². The van der Waals surface area contributed by atoms with Crippen molar-refractivity contribution in [2.24, 2.45) is 12.1 Å². The third-order valence-electron chi connectivity index (χ3n) is 4.56. The van der Waals surface area contributed by atoms with Crippen LogP contribution in [0.3, 0.4) is 0 Å². The topological polar surface area (TPSA) is 94.2 Å². The second-order valence-electron chi connectivity index (χ2n) is 6.79. The van der Waals surface area contributed by atoms with E-state index in [0.29, 0.717) is 15.9 Å². The molecule has 0 saturated heterocycles. The van der Waals surface area contributed by atoms with Crippen molar-refractivity contribution in [3.05, 3.63) is 45.1 Å². The van der Waals surface area contributed by atoms with Crippen LogP contribution in [0.2, 0.25) is 0 Å². The summed E-state index contributed by atoms with van der Waals surface area (Å²) in [6.45, 7) is 7.43. The largest absolute Gasteiger partial charge is 0.286 e. The van der Waals surface area contributed by atoms with E-state index in [9.17, 15) is 9.59 Å². The van der Waals surface area contributed by atoms with Gasteiger partial charge in [0.15, 0.2) is 0 Å². The molecule has 9 heteroatoms. The van der Waals surface area contributed by atoms with E-state index in [1.807, 2.05) is 26.2 Å². The zero-order valence-corrected chi connectivity index (χ0v) is 17.5. The molecule has 0 radical (unpaired) electrons. The molecule has 3 rings (SSSR count). The number of hydrogen-bond donors (Lipinski definition) is 1. The van der Waals surface area contributed by atoms with Crippen molar-refractivity contribution in [1.29, 1.82) is 0 Å². The number of carbonyl (C=O) groups is 1. The monoisotopic (exact) mass is 400 g/mol. The van der Waals surface area contributed by atoms with Gasteiger partial charge in [0, 0.05) is 23.7 Å². The van der Waals surface area contributed by atoms with E-state index >= 15 is 0 Å². The number of carbonyl (C=O) groups excluding carboxylic acids is 1. The molecular weight excluding hydrogens is 376 g/mol. The third-order valence-corrected chi connectivity index (χ3v) is 5.66. The van der Waals surface area contributed by atoms with E-state index in [0.717, 1.165) is 29.0 Å². The fraction of sp³-hybridized carbons (Fsp3) is 0.421. The van der Waals surface area contributed by atoms with E-state index in [1.165, 1.54) is 22.2 Å². The van der Waals surface area contributed by atoms with Crippen LogP contribution in [0, 0.1) is 6.92 Å². The minimum atomic E-state index is -0.731. The summed E-state index contributed by atoms with van der Waals surface area (Å²) in [5.74, 6) is -0.381. The molecule has 0 saturated carbocycles. The number of aromatic nitrogens is 4. The number of hydrogen-bond acceptors (Lipinski definition) is 6. The summed E-state index contributed by atoms with van der Waals surface area (Å²) in [4.78, 5) is 31.5. The summed E-state index contributed by atoms with van der Waals surface area (Å²) in [6, 6.07) is 1.15. The van der Waals surface area contributed by atoms with Crippen molar-refractivity contribution in [3.8, 4) is 0 Å². The Hall–Kier alpha value is -2.81. The molecule has 1 amide bonds. The fourth-order valence-electron chi connectivity index (χ4n) is 3.01. The molecule has 0 aliphatic rings. The van der Waals surface area contributed by atoms with Crippen molar-refractivity contribution in [2.45, 2.75) is 46.6 Å². The number of fused-ring (bicyclic) bond motifs is 1. The predicted octanol–water partition coefficient (Wildman–Crippen LogP) is 2.55. The molecular formula is C19H24N6O2S. The molecule has 0 bridgehead atoms. The molecule has 0 unspecified atom stereocenters. The molecule has 0 aliphatic heterocycles. The number of rotatable bonds is 6. The van der Waals surface area contributed by atoms with Gasteiger partial charge in [-0.1, -0.05) is 13.3 Å². The number of nitrogens with zero attached hydrogens (tertiary/aromatic N) is 5. The van der Waals surface area contributed by atoms with Gasteiger partial charge in [0.05, 0.1) is 23.1 Å². The van der Waals surface area contributed by atoms with E-state index in [1.54, 1.807) is 18.5 Å². The number of aryl methyl sites for hydroxylation is 3. The van der Waals surface area contributed by atoms with Crippen LogP contribution in [0.15, 0.2) is 28.5 Å². The lowest BCUT2D eigenvalue weighted by atomic mass is 10.2. The van der Waals surface area contributed by atoms with Crippen molar-refractivity contribution < 1.29 is 4.79 Å². The molecule has 0 spiro atoms. The molecule has 3 aromatic heterocycles. The van der Waals surface area contributed by atoms with Crippen LogP contribution in [0.4, 0.5) is 0 Å². The van der Waals surface area contributed by atoms with Crippen molar-refractivity contribution >= 4 is 33.2 Å². The number of nitrogens with one attached hydrogen (secondary N) is 1. The Morgan fingerprint density at radius 3 is 2.82 bits per heavy atom. The molecule has 28 heavy (non-hydrogen) atoms. The van der Waals surface area contributed by atoms with Gasteiger partial charge in [-0.05, 0) is 33.3 Å². The first-order valence-electron chi connectivity index (χ1n) is 9.16. The van der Waals surface area contributed by atoms with Gasteiger partial charge in [-0.3, -0.25) is 18.8 Å². The van der Waals surface area contributed by atoms with Crippen molar-refractivity contribution in [3.63, 3.8) is 0 Å². The van der Waals surface area contributed by atoms with Crippen molar-refractivity contribution in [1.82, 2.24) is 24.8 Å². The maximum atomic E-state index is 12.8. The number of hydrazone groups is 1. The molecule has 1 N–H and O–H groups in total. The van der Waals surface area contributed by atoms with Crippen LogP contribution >= 0.6 is 11.3 Å². The maximum absolute atomic E-state index is 12.8. The summed E-state index contributed by atoms with van der Waals surface area (Å²) < 4.78 is 3.04. The normalized spacial score (nSPS) is 13.1. The van der Waals surface area contributed by atoms with Gasteiger partial charge in [0.25, 0.3) is 11.5 Å². The lowest BCUT2D eigenvalue weighted by molar-refractivity contribution is -0.123. The summed E-state index contributed by atoms with van der Waals surface area (Å²) >= 11 is 1.53. The molecule has 0 aromatic carbocycles. The highest BCUT2D eigenvalue weighted by molar-refractivity contribution is 7.18. The highest BCUT2D eigenvalue weighted by Crippen LogP contribution is 2.22. The summed E-state index contributed by atoms with van der Waals surface area (Å²) in [7, 11) is 1.83. The van der Waals surface area contributed by atoms with Gasteiger partial charge in [0.2, 0.25) is 0 Å². The minimum absolute atomic E-state index is 0.213. The fourth-order valence-corrected chi connectivity index (χ4v) is 4.09. The number of thiophene rings is 1. The van der Waals surface area contributed by atoms with E-state index < -0.39 is 6.04 Å². The SMILES string of the molecule is CCCc1cc2c(=O)n([C@H](C)C(=O)N/N=C(/C)c3cn(C)nc3C)cnc2s1. The van der Waals surface area contributed by atoms with Crippen LogP contribution in [-0.4, -0.2) is 31.0 Å². The highest BCUT2D eigenvalue weighted by Gasteiger charge is 2.19.